The highest BCUT2D eigenvalue weighted by atomic mass is 35.5. The fourth-order valence-corrected chi connectivity index (χ4v) is 2.01. The van der Waals surface area contributed by atoms with Crippen LogP contribution in [0.1, 0.15) is 5.56 Å². The number of nitrogens with two attached hydrogens (primary N) is 1. The van der Waals surface area contributed by atoms with Gasteiger partial charge in [0.05, 0.1) is 11.2 Å². The molecule has 7 heteroatoms. The smallest absolute Gasteiger partial charge is 0.239 e. The van der Waals surface area contributed by atoms with Gasteiger partial charge in [-0.15, -0.1) is 0 Å². The normalized spacial score (nSPS) is 11.9. The second-order valence-corrected chi connectivity index (χ2v) is 4.59. The lowest BCUT2D eigenvalue weighted by atomic mass is 10.2. The number of sulfonamides is 1. The maximum absolute atomic E-state index is 11.1. The first-order valence-electron chi connectivity index (χ1n) is 3.84. The lowest BCUT2D eigenvalue weighted by Gasteiger charge is -2.02. The van der Waals surface area contributed by atoms with E-state index in [0.29, 0.717) is 5.56 Å². The van der Waals surface area contributed by atoms with Crippen LogP contribution in [0.3, 0.4) is 0 Å². The second kappa shape index (κ2) is 4.61. The van der Waals surface area contributed by atoms with E-state index in [4.69, 9.17) is 16.7 Å². The summed E-state index contributed by atoms with van der Waals surface area (Å²) in [5, 5.41) is 8.53. The van der Waals surface area contributed by atoms with E-state index in [9.17, 15) is 8.42 Å². The van der Waals surface area contributed by atoms with E-state index in [1.54, 1.807) is 6.07 Å². The molecular formula is C8H9ClN2O3S. The number of oxime groups is 1. The van der Waals surface area contributed by atoms with Crippen LogP contribution >= 0.6 is 11.6 Å². The van der Waals surface area contributed by atoms with Gasteiger partial charge in [0, 0.05) is 0 Å². The Morgan fingerprint density at radius 3 is 2.73 bits per heavy atom. The van der Waals surface area contributed by atoms with Gasteiger partial charge in [-0.25, -0.2) is 13.6 Å². The van der Waals surface area contributed by atoms with Gasteiger partial charge in [-0.2, -0.15) is 0 Å². The van der Waals surface area contributed by atoms with Crippen LogP contribution in [-0.4, -0.2) is 21.7 Å². The van der Waals surface area contributed by atoms with Crippen LogP contribution in [0, 0.1) is 0 Å². The molecule has 0 saturated carbocycles. The van der Waals surface area contributed by atoms with Crippen molar-refractivity contribution < 1.29 is 13.3 Å². The van der Waals surface area contributed by atoms with Gasteiger partial charge in [0.1, 0.15) is 12.0 Å². The predicted molar refractivity (Wildman–Crippen MR) is 57.4 cm³/mol. The zero-order chi connectivity index (χ0) is 11.5. The first kappa shape index (κ1) is 12.0. The molecule has 0 saturated heterocycles. The average Bonchev–Trinajstić information content (AvgIpc) is 2.15. The molecule has 0 atom stereocenters. The van der Waals surface area contributed by atoms with Crippen molar-refractivity contribution in [2.24, 2.45) is 10.3 Å². The van der Waals surface area contributed by atoms with Crippen LogP contribution in [0.2, 0.25) is 5.02 Å². The van der Waals surface area contributed by atoms with Crippen LogP contribution in [0.25, 0.3) is 0 Å². The zero-order valence-electron chi connectivity index (χ0n) is 7.84. The molecule has 0 fully saturated rings. The molecule has 0 aliphatic rings. The monoisotopic (exact) mass is 248 g/mol. The van der Waals surface area contributed by atoms with Crippen molar-refractivity contribution in [3.05, 3.63) is 28.8 Å². The maximum atomic E-state index is 11.1. The Morgan fingerprint density at radius 1 is 1.53 bits per heavy atom. The maximum Gasteiger partial charge on any atom is 0.239 e. The molecule has 1 rings (SSSR count). The standard InChI is InChI=1S/C8H9ClN2O3S/c1-14-11-5-6-2-3-7(9)8(4-6)15(10,12)13/h2-5H,1H3,(H2,10,12,13). The molecule has 0 aliphatic heterocycles. The van der Waals surface area contributed by atoms with E-state index in [1.807, 2.05) is 0 Å². The van der Waals surface area contributed by atoms with Gasteiger partial charge in [-0.3, -0.25) is 0 Å². The number of primary sulfonamides is 1. The average molecular weight is 249 g/mol. The van der Waals surface area contributed by atoms with Crippen molar-refractivity contribution in [2.45, 2.75) is 4.90 Å². The summed E-state index contributed by atoms with van der Waals surface area (Å²) in [6.07, 6.45) is 1.35. The van der Waals surface area contributed by atoms with E-state index >= 15 is 0 Å². The summed E-state index contributed by atoms with van der Waals surface area (Å²) in [6, 6.07) is 4.35. The van der Waals surface area contributed by atoms with Crippen molar-refractivity contribution in [1.82, 2.24) is 0 Å². The Morgan fingerprint density at radius 2 is 2.20 bits per heavy atom. The fraction of sp³-hybridized carbons (Fsp3) is 0.125. The van der Waals surface area contributed by atoms with E-state index in [1.165, 1.54) is 25.5 Å². The lowest BCUT2D eigenvalue weighted by molar-refractivity contribution is 0.215. The molecule has 15 heavy (non-hydrogen) atoms. The third kappa shape index (κ3) is 3.19. The van der Waals surface area contributed by atoms with Gasteiger partial charge in [0.2, 0.25) is 10.0 Å². The topological polar surface area (TPSA) is 81.8 Å². The summed E-state index contributed by atoms with van der Waals surface area (Å²) in [5.74, 6) is 0. The highest BCUT2D eigenvalue weighted by molar-refractivity contribution is 7.89. The molecule has 0 aromatic heterocycles. The number of halogens is 1. The van der Waals surface area contributed by atoms with E-state index in [2.05, 4.69) is 9.99 Å². The van der Waals surface area contributed by atoms with Crippen molar-refractivity contribution in [1.29, 1.82) is 0 Å². The van der Waals surface area contributed by atoms with Gasteiger partial charge in [0.15, 0.2) is 0 Å². The number of nitrogens with zero attached hydrogens (tertiary/aromatic N) is 1. The molecule has 0 heterocycles. The molecular weight excluding hydrogens is 240 g/mol. The Bertz CT molecular complexity index is 485. The molecule has 5 nitrogen and oxygen atoms in total. The number of hydrogen-bond acceptors (Lipinski definition) is 4. The van der Waals surface area contributed by atoms with Crippen LogP contribution < -0.4 is 5.14 Å². The number of hydrogen-bond donors (Lipinski definition) is 1. The van der Waals surface area contributed by atoms with E-state index < -0.39 is 10.0 Å². The predicted octanol–water partition coefficient (Wildman–Crippen LogP) is 0.968. The van der Waals surface area contributed by atoms with Crippen molar-refractivity contribution in [3.63, 3.8) is 0 Å². The lowest BCUT2D eigenvalue weighted by Crippen LogP contribution is -2.13. The summed E-state index contributed by atoms with van der Waals surface area (Å²) in [5.41, 5.74) is 0.533. The Hall–Kier alpha value is -1.11. The summed E-state index contributed by atoms with van der Waals surface area (Å²) < 4.78 is 22.2. The Balaban J connectivity index is 3.23. The van der Waals surface area contributed by atoms with E-state index in [0.717, 1.165) is 0 Å². The highest BCUT2D eigenvalue weighted by Crippen LogP contribution is 2.20. The third-order valence-corrected chi connectivity index (χ3v) is 2.96. The molecule has 2 N–H and O–H groups in total. The Kier molecular flexibility index (Phi) is 3.67. The van der Waals surface area contributed by atoms with Crippen LogP contribution in [0.15, 0.2) is 28.3 Å². The molecule has 1 aromatic carbocycles. The minimum Gasteiger partial charge on any atom is -0.399 e. The quantitative estimate of drug-likeness (QED) is 0.639. The van der Waals surface area contributed by atoms with Crippen molar-refractivity contribution >= 4 is 27.8 Å². The molecule has 0 bridgehead atoms. The summed E-state index contributed by atoms with van der Waals surface area (Å²) >= 11 is 5.68. The number of benzene rings is 1. The number of rotatable bonds is 3. The summed E-state index contributed by atoms with van der Waals surface area (Å²) in [7, 11) is -2.43. The van der Waals surface area contributed by atoms with Gasteiger partial charge >= 0.3 is 0 Å². The SMILES string of the molecule is CON=Cc1ccc(Cl)c(S(N)(=O)=O)c1. The Labute approximate surface area is 92.5 Å². The van der Waals surface area contributed by atoms with Crippen molar-refractivity contribution in [2.75, 3.05) is 7.11 Å². The molecule has 1 aromatic rings. The molecule has 0 aliphatic carbocycles. The molecule has 82 valence electrons. The first-order valence-corrected chi connectivity index (χ1v) is 5.76. The molecule has 0 amide bonds. The fourth-order valence-electron chi connectivity index (χ4n) is 0.932. The molecule has 0 radical (unpaired) electrons. The molecule has 0 spiro atoms. The van der Waals surface area contributed by atoms with Gasteiger partial charge in [-0.05, 0) is 17.7 Å². The van der Waals surface area contributed by atoms with Gasteiger partial charge in [-0.1, -0.05) is 22.8 Å². The summed E-state index contributed by atoms with van der Waals surface area (Å²) in [6.45, 7) is 0. The highest BCUT2D eigenvalue weighted by Gasteiger charge is 2.12. The van der Waals surface area contributed by atoms with E-state index in [-0.39, 0.29) is 9.92 Å². The van der Waals surface area contributed by atoms with Crippen molar-refractivity contribution in [3.8, 4) is 0 Å². The second-order valence-electron chi connectivity index (χ2n) is 2.65. The largest absolute Gasteiger partial charge is 0.399 e. The molecule has 0 unspecified atom stereocenters. The first-order chi connectivity index (χ1) is 6.95. The van der Waals surface area contributed by atoms with Crippen LogP contribution in [0.5, 0.6) is 0 Å². The minimum atomic E-state index is -3.82. The van der Waals surface area contributed by atoms with Gasteiger partial charge < -0.3 is 4.84 Å². The summed E-state index contributed by atoms with van der Waals surface area (Å²) in [4.78, 5) is 4.32. The minimum absolute atomic E-state index is 0.0760. The van der Waals surface area contributed by atoms with Crippen LogP contribution in [-0.2, 0) is 14.9 Å². The third-order valence-electron chi connectivity index (χ3n) is 1.57. The van der Waals surface area contributed by atoms with Crippen LogP contribution in [0.4, 0.5) is 0 Å². The van der Waals surface area contributed by atoms with Gasteiger partial charge in [0.25, 0.3) is 0 Å². The zero-order valence-corrected chi connectivity index (χ0v) is 9.42.